The second kappa shape index (κ2) is 17.1. The Morgan fingerprint density at radius 2 is 1.49 bits per heavy atom. The number of nitrogen functional groups attached to an aromatic ring is 1. The summed E-state index contributed by atoms with van der Waals surface area (Å²) in [6.07, 6.45) is 2.55. The number of benzene rings is 3. The number of hydrogen-bond acceptors (Lipinski definition) is 7. The van der Waals surface area contributed by atoms with E-state index in [9.17, 15) is 36.2 Å². The van der Waals surface area contributed by atoms with Crippen molar-refractivity contribution in [1.82, 2.24) is 20.1 Å². The molecule has 7 N–H and O–H groups in total. The maximum Gasteiger partial charge on any atom is 0.333 e. The molecule has 0 aliphatic rings. The number of rotatable bonds is 11. The number of halogens is 7. The Kier molecular flexibility index (Phi) is 12.9. The number of nitrogens with one attached hydrogen (secondary N) is 1. The smallest absolute Gasteiger partial charge is 0.333 e. The molecule has 2 atom stereocenters. The topological polar surface area (TPSA) is 152 Å². The fraction of sp³-hybridized carbons (Fsp3) is 0.229. The third-order valence-electron chi connectivity index (χ3n) is 7.65. The van der Waals surface area contributed by atoms with E-state index in [1.165, 1.54) is 36.5 Å². The zero-order valence-electron chi connectivity index (χ0n) is 26.9. The van der Waals surface area contributed by atoms with Gasteiger partial charge in [-0.25, -0.2) is 31.6 Å². The van der Waals surface area contributed by atoms with Crippen LogP contribution in [0.4, 0.5) is 36.6 Å². The maximum absolute atomic E-state index is 15.0. The highest BCUT2D eigenvalue weighted by atomic mass is 19.3. The van der Waals surface area contributed by atoms with Gasteiger partial charge < -0.3 is 27.0 Å². The Morgan fingerprint density at radius 3 is 2.04 bits per heavy atom. The molecule has 51 heavy (non-hydrogen) atoms. The van der Waals surface area contributed by atoms with Crippen LogP contribution in [0.5, 0.6) is 0 Å². The Balaban J connectivity index is 0.000000378. The molecule has 16 heteroatoms. The van der Waals surface area contributed by atoms with Crippen LogP contribution in [0, 0.1) is 24.4 Å². The zero-order valence-corrected chi connectivity index (χ0v) is 26.9. The fourth-order valence-corrected chi connectivity index (χ4v) is 5.08. The Hall–Kier alpha value is -5.32. The van der Waals surface area contributed by atoms with Crippen LogP contribution in [0.3, 0.4) is 0 Å². The highest BCUT2D eigenvalue weighted by molar-refractivity contribution is 5.95. The molecule has 0 unspecified atom stereocenters. The van der Waals surface area contributed by atoms with Crippen molar-refractivity contribution in [2.45, 2.75) is 38.9 Å². The first-order valence-corrected chi connectivity index (χ1v) is 15.2. The van der Waals surface area contributed by atoms with E-state index in [1.54, 1.807) is 13.0 Å². The van der Waals surface area contributed by atoms with E-state index in [0.717, 1.165) is 30.5 Å². The minimum absolute atomic E-state index is 0.0217. The Labute approximate surface area is 287 Å². The summed E-state index contributed by atoms with van der Waals surface area (Å²) in [5.74, 6) is -3.06. The number of carbonyl (C=O) groups excluding carboxylic acids is 1. The molecule has 2 heterocycles. The van der Waals surface area contributed by atoms with Crippen LogP contribution in [0.25, 0.3) is 22.3 Å². The van der Waals surface area contributed by atoms with Crippen LogP contribution in [0.15, 0.2) is 73.1 Å². The quantitative estimate of drug-likeness (QED) is 0.0992. The molecule has 0 aliphatic heterocycles. The van der Waals surface area contributed by atoms with Gasteiger partial charge in [-0.1, -0.05) is 18.2 Å². The molecular weight excluding hydrogens is 685 g/mol. The van der Waals surface area contributed by atoms with Crippen molar-refractivity contribution in [2.75, 3.05) is 18.9 Å². The predicted molar refractivity (Wildman–Crippen MR) is 175 cm³/mol. The lowest BCUT2D eigenvalue weighted by molar-refractivity contribution is 0.0563. The summed E-state index contributed by atoms with van der Waals surface area (Å²) in [5, 5.41) is 24.6. The van der Waals surface area contributed by atoms with Crippen LogP contribution in [-0.4, -0.2) is 44.1 Å². The van der Waals surface area contributed by atoms with Crippen molar-refractivity contribution < 1.29 is 45.7 Å². The molecule has 5 rings (SSSR count). The van der Waals surface area contributed by atoms with Crippen LogP contribution >= 0.6 is 0 Å². The average Bonchev–Trinajstić information content (AvgIpc) is 3.51. The SMILES string of the molecule is Cc1nn(C(F)F)cc1-c1cnc(N)c(-c2ccc(C(=O)N[C@H](CO)c3cc(F)cc(CF)c3)c(F)c2)c1.N[C@H](CO)c1cc(F)cc(CF)c1. The zero-order chi connectivity index (χ0) is 37.4. The number of aromatic nitrogens is 3. The van der Waals surface area contributed by atoms with E-state index in [1.807, 2.05) is 0 Å². The van der Waals surface area contributed by atoms with Gasteiger partial charge in [-0.3, -0.25) is 4.79 Å². The Morgan fingerprint density at radius 1 is 0.863 bits per heavy atom. The van der Waals surface area contributed by atoms with E-state index >= 15 is 4.39 Å². The molecule has 5 aromatic rings. The molecule has 0 saturated heterocycles. The second-order valence-corrected chi connectivity index (χ2v) is 11.3. The molecule has 0 radical (unpaired) electrons. The molecule has 0 fully saturated rings. The number of pyridine rings is 1. The van der Waals surface area contributed by atoms with Gasteiger partial charge in [0.2, 0.25) is 0 Å². The third kappa shape index (κ3) is 9.48. The van der Waals surface area contributed by atoms with Gasteiger partial charge in [0, 0.05) is 29.1 Å². The monoisotopic (exact) mass is 718 g/mol. The summed E-state index contributed by atoms with van der Waals surface area (Å²) < 4.78 is 93.4. The number of aryl methyl sites for hydroxylation is 1. The second-order valence-electron chi connectivity index (χ2n) is 11.3. The molecule has 0 bridgehead atoms. The minimum Gasteiger partial charge on any atom is -0.394 e. The summed E-state index contributed by atoms with van der Waals surface area (Å²) in [6, 6.07) is 10.5. The lowest BCUT2D eigenvalue weighted by Gasteiger charge is -2.18. The number of aliphatic hydroxyl groups excluding tert-OH is 2. The van der Waals surface area contributed by atoms with Crippen molar-refractivity contribution in [3.8, 4) is 22.3 Å². The summed E-state index contributed by atoms with van der Waals surface area (Å²) >= 11 is 0. The number of anilines is 1. The van der Waals surface area contributed by atoms with Crippen molar-refractivity contribution in [2.24, 2.45) is 5.73 Å². The molecular formula is C35H33F7N6O3. The number of alkyl halides is 4. The number of amides is 1. The first kappa shape index (κ1) is 38.5. The lowest BCUT2D eigenvalue weighted by atomic mass is 9.99. The number of carbonyl (C=O) groups is 1. The predicted octanol–water partition coefficient (Wildman–Crippen LogP) is 6.40. The number of hydrogen-bond donors (Lipinski definition) is 5. The molecule has 3 aromatic carbocycles. The van der Waals surface area contributed by atoms with Gasteiger partial charge in [-0.2, -0.15) is 13.9 Å². The highest BCUT2D eigenvalue weighted by Crippen LogP contribution is 2.32. The molecule has 0 spiro atoms. The van der Waals surface area contributed by atoms with Crippen molar-refractivity contribution in [3.05, 3.63) is 124 Å². The van der Waals surface area contributed by atoms with Crippen LogP contribution in [0.1, 0.15) is 56.9 Å². The van der Waals surface area contributed by atoms with Crippen molar-refractivity contribution in [3.63, 3.8) is 0 Å². The van der Waals surface area contributed by atoms with E-state index < -0.39 is 61.9 Å². The number of nitrogens with two attached hydrogens (primary N) is 2. The largest absolute Gasteiger partial charge is 0.394 e. The Bertz CT molecular complexity index is 1990. The van der Waals surface area contributed by atoms with Gasteiger partial charge in [0.05, 0.1) is 36.6 Å². The average molecular weight is 719 g/mol. The standard InChI is InChI=1S/C26H22F5N5O2.C9H11F2NO/c1-13-21(11-36(35-13)26(30)31)17-7-20(24(32)33-10-17)15-2-3-19(22(29)8-15)25(38)34-23(12-37)16-4-14(9-27)5-18(28)6-16;10-4-6-1-7(9(12)5-13)3-8(11)2-6/h2-8,10-11,23,26,37H,9,12H2,1H3,(H2,32,33)(H,34,38);1-3,9,13H,4-5,12H2/t23-;9-/m11/s1. The van der Waals surface area contributed by atoms with Gasteiger partial charge >= 0.3 is 6.55 Å². The molecule has 0 saturated carbocycles. The van der Waals surface area contributed by atoms with Crippen LogP contribution in [-0.2, 0) is 13.3 Å². The van der Waals surface area contributed by atoms with Crippen LogP contribution in [0.2, 0.25) is 0 Å². The van der Waals surface area contributed by atoms with E-state index in [0.29, 0.717) is 32.6 Å². The summed E-state index contributed by atoms with van der Waals surface area (Å²) in [5.41, 5.74) is 13.6. The lowest BCUT2D eigenvalue weighted by Crippen LogP contribution is -2.31. The summed E-state index contributed by atoms with van der Waals surface area (Å²) in [6.45, 7) is -3.87. The molecule has 1 amide bonds. The van der Waals surface area contributed by atoms with Gasteiger partial charge in [0.15, 0.2) is 0 Å². The van der Waals surface area contributed by atoms with E-state index in [2.05, 4.69) is 15.4 Å². The maximum atomic E-state index is 15.0. The van der Waals surface area contributed by atoms with Crippen molar-refractivity contribution in [1.29, 1.82) is 0 Å². The minimum atomic E-state index is -2.83. The summed E-state index contributed by atoms with van der Waals surface area (Å²) in [7, 11) is 0. The van der Waals surface area contributed by atoms with Gasteiger partial charge in [0.1, 0.15) is 36.6 Å². The van der Waals surface area contributed by atoms with Crippen molar-refractivity contribution >= 4 is 11.7 Å². The third-order valence-corrected chi connectivity index (χ3v) is 7.65. The van der Waals surface area contributed by atoms with Gasteiger partial charge in [-0.15, -0.1) is 0 Å². The highest BCUT2D eigenvalue weighted by Gasteiger charge is 2.21. The molecule has 270 valence electrons. The number of aliphatic hydroxyl groups is 2. The van der Waals surface area contributed by atoms with E-state index in [-0.39, 0.29) is 40.2 Å². The molecule has 9 nitrogen and oxygen atoms in total. The molecule has 2 aromatic heterocycles. The number of nitrogens with zero attached hydrogens (tertiary/aromatic N) is 3. The first-order chi connectivity index (χ1) is 24.3. The fourth-order valence-electron chi connectivity index (χ4n) is 5.08. The summed E-state index contributed by atoms with van der Waals surface area (Å²) in [4.78, 5) is 16.8. The van der Waals surface area contributed by atoms with E-state index in [4.69, 9.17) is 16.6 Å². The first-order valence-electron chi connectivity index (χ1n) is 15.2. The van der Waals surface area contributed by atoms with Gasteiger partial charge in [-0.05, 0) is 77.2 Å². The van der Waals surface area contributed by atoms with Crippen LogP contribution < -0.4 is 16.8 Å². The van der Waals surface area contributed by atoms with Gasteiger partial charge in [0.25, 0.3) is 5.91 Å². The normalized spacial score (nSPS) is 12.3. The molecule has 0 aliphatic carbocycles.